The van der Waals surface area contributed by atoms with Gasteiger partial charge in [0.2, 0.25) is 5.91 Å². The van der Waals surface area contributed by atoms with Gasteiger partial charge in [0.1, 0.15) is 0 Å². The minimum Gasteiger partial charge on any atom is -0.478 e. The van der Waals surface area contributed by atoms with Crippen LogP contribution in [0.4, 0.5) is 5.69 Å². The lowest BCUT2D eigenvalue weighted by atomic mass is 10.2. The van der Waals surface area contributed by atoms with E-state index in [0.717, 1.165) is 24.3 Å². The summed E-state index contributed by atoms with van der Waals surface area (Å²) in [5, 5.41) is 8.86. The molecule has 0 aliphatic carbocycles. The van der Waals surface area contributed by atoms with E-state index in [-0.39, 0.29) is 16.7 Å². The summed E-state index contributed by atoms with van der Waals surface area (Å²) in [6, 6.07) is 6.37. The fourth-order valence-electron chi connectivity index (χ4n) is 1.94. The van der Waals surface area contributed by atoms with Gasteiger partial charge < -0.3 is 10.0 Å². The number of carboxylic acids is 1. The zero-order chi connectivity index (χ0) is 13.1. The number of nitrogens with zero attached hydrogens (tertiary/aromatic N) is 1. The van der Waals surface area contributed by atoms with Crippen LogP contribution in [0.2, 0.25) is 0 Å². The Morgan fingerprint density at radius 3 is 2.50 bits per heavy atom. The molecule has 1 saturated heterocycles. The average Bonchev–Trinajstić information content (AvgIpc) is 2.91. The lowest BCUT2D eigenvalue weighted by molar-refractivity contribution is -0.117. The highest BCUT2D eigenvalue weighted by Crippen LogP contribution is 2.28. The van der Waals surface area contributed by atoms with Crippen molar-refractivity contribution in [1.29, 1.82) is 0 Å². The molecule has 1 atom stereocenters. The Morgan fingerprint density at radius 1 is 1.33 bits per heavy atom. The van der Waals surface area contributed by atoms with Gasteiger partial charge in [0.15, 0.2) is 0 Å². The van der Waals surface area contributed by atoms with Gasteiger partial charge in [0.05, 0.1) is 10.8 Å². The van der Waals surface area contributed by atoms with Gasteiger partial charge in [-0.05, 0) is 42.9 Å². The molecule has 1 amide bonds. The first kappa shape index (κ1) is 13.0. The molecule has 1 N–H and O–H groups in total. The molecule has 1 aromatic carbocycles. The second-order valence-electron chi connectivity index (χ2n) is 4.25. The van der Waals surface area contributed by atoms with Crippen molar-refractivity contribution >= 4 is 29.3 Å². The van der Waals surface area contributed by atoms with Gasteiger partial charge in [0.25, 0.3) is 0 Å². The Balaban J connectivity index is 2.10. The SMILES string of the molecule is CN(C(=O)C1CCCS1)c1ccc(C(=O)O)cc1. The predicted molar refractivity (Wildman–Crippen MR) is 72.3 cm³/mol. The van der Waals surface area contributed by atoms with Crippen LogP contribution in [-0.4, -0.2) is 35.0 Å². The zero-order valence-corrected chi connectivity index (χ0v) is 10.9. The minimum atomic E-state index is -0.957. The van der Waals surface area contributed by atoms with Gasteiger partial charge in [0, 0.05) is 12.7 Å². The van der Waals surface area contributed by atoms with E-state index in [1.54, 1.807) is 35.8 Å². The number of amides is 1. The van der Waals surface area contributed by atoms with Crippen molar-refractivity contribution < 1.29 is 14.7 Å². The summed E-state index contributed by atoms with van der Waals surface area (Å²) in [6.07, 6.45) is 2.02. The summed E-state index contributed by atoms with van der Waals surface area (Å²) in [5.41, 5.74) is 0.965. The molecule has 5 heteroatoms. The fraction of sp³-hybridized carbons (Fsp3) is 0.385. The predicted octanol–water partition coefficient (Wildman–Crippen LogP) is 2.24. The number of hydrogen-bond donors (Lipinski definition) is 1. The highest BCUT2D eigenvalue weighted by atomic mass is 32.2. The highest BCUT2D eigenvalue weighted by molar-refractivity contribution is 8.00. The summed E-state index contributed by atoms with van der Waals surface area (Å²) in [6.45, 7) is 0. The Labute approximate surface area is 110 Å². The molecule has 0 saturated carbocycles. The van der Waals surface area contributed by atoms with Crippen LogP contribution in [-0.2, 0) is 4.79 Å². The summed E-state index contributed by atoms with van der Waals surface area (Å²) < 4.78 is 0. The van der Waals surface area contributed by atoms with Crippen molar-refractivity contribution in [2.45, 2.75) is 18.1 Å². The number of rotatable bonds is 3. The molecule has 1 unspecified atom stereocenters. The van der Waals surface area contributed by atoms with E-state index in [2.05, 4.69) is 0 Å². The van der Waals surface area contributed by atoms with Crippen LogP contribution in [0.15, 0.2) is 24.3 Å². The molecule has 96 valence electrons. The van der Waals surface area contributed by atoms with Crippen molar-refractivity contribution in [3.05, 3.63) is 29.8 Å². The number of carbonyl (C=O) groups excluding carboxylic acids is 1. The number of carboxylic acid groups (broad SMARTS) is 1. The molecule has 1 heterocycles. The fourth-order valence-corrected chi connectivity index (χ4v) is 3.20. The molecule has 18 heavy (non-hydrogen) atoms. The number of thioether (sulfide) groups is 1. The second-order valence-corrected chi connectivity index (χ2v) is 5.56. The monoisotopic (exact) mass is 265 g/mol. The van der Waals surface area contributed by atoms with Gasteiger partial charge in [-0.2, -0.15) is 0 Å². The van der Waals surface area contributed by atoms with E-state index in [0.29, 0.717) is 0 Å². The summed E-state index contributed by atoms with van der Waals surface area (Å²) in [7, 11) is 1.73. The molecule has 0 spiro atoms. The number of hydrogen-bond acceptors (Lipinski definition) is 3. The van der Waals surface area contributed by atoms with Crippen molar-refractivity contribution in [2.75, 3.05) is 17.7 Å². The first-order chi connectivity index (χ1) is 8.59. The standard InChI is InChI=1S/C13H15NO3S/c1-14(12(15)11-3-2-8-18-11)10-6-4-9(5-7-10)13(16)17/h4-7,11H,2-3,8H2,1H3,(H,16,17). The molecule has 1 fully saturated rings. The van der Waals surface area contributed by atoms with E-state index in [1.807, 2.05) is 0 Å². The van der Waals surface area contributed by atoms with Crippen LogP contribution in [0.1, 0.15) is 23.2 Å². The second kappa shape index (κ2) is 5.44. The van der Waals surface area contributed by atoms with Crippen LogP contribution in [0.25, 0.3) is 0 Å². The maximum absolute atomic E-state index is 12.2. The number of benzene rings is 1. The topological polar surface area (TPSA) is 57.6 Å². The Bertz CT molecular complexity index is 452. The molecule has 0 aromatic heterocycles. The summed E-state index contributed by atoms with van der Waals surface area (Å²) in [5.74, 6) is 0.185. The van der Waals surface area contributed by atoms with Crippen LogP contribution < -0.4 is 4.90 Å². The Morgan fingerprint density at radius 2 is 2.00 bits per heavy atom. The van der Waals surface area contributed by atoms with Gasteiger partial charge in [-0.15, -0.1) is 11.8 Å². The first-order valence-electron chi connectivity index (χ1n) is 5.82. The molecular formula is C13H15NO3S. The average molecular weight is 265 g/mol. The maximum atomic E-state index is 12.2. The van der Waals surface area contributed by atoms with Crippen molar-refractivity contribution in [1.82, 2.24) is 0 Å². The molecule has 0 radical (unpaired) electrons. The normalized spacial score (nSPS) is 18.6. The van der Waals surface area contributed by atoms with E-state index in [1.165, 1.54) is 12.1 Å². The van der Waals surface area contributed by atoms with E-state index in [9.17, 15) is 9.59 Å². The molecule has 2 rings (SSSR count). The zero-order valence-electron chi connectivity index (χ0n) is 10.1. The van der Waals surface area contributed by atoms with Crippen molar-refractivity contribution in [2.24, 2.45) is 0 Å². The van der Waals surface area contributed by atoms with Gasteiger partial charge >= 0.3 is 5.97 Å². The van der Waals surface area contributed by atoms with E-state index < -0.39 is 5.97 Å². The third kappa shape index (κ3) is 2.67. The molecule has 1 aliphatic heterocycles. The van der Waals surface area contributed by atoms with Gasteiger partial charge in [-0.1, -0.05) is 0 Å². The minimum absolute atomic E-state index is 0.0501. The molecule has 4 nitrogen and oxygen atoms in total. The van der Waals surface area contributed by atoms with Crippen LogP contribution in [0.3, 0.4) is 0 Å². The largest absolute Gasteiger partial charge is 0.478 e. The molecule has 0 bridgehead atoms. The lowest BCUT2D eigenvalue weighted by Gasteiger charge is -2.20. The van der Waals surface area contributed by atoms with Gasteiger partial charge in [-0.25, -0.2) is 4.79 Å². The van der Waals surface area contributed by atoms with E-state index >= 15 is 0 Å². The third-order valence-corrected chi connectivity index (χ3v) is 4.40. The van der Waals surface area contributed by atoms with Crippen LogP contribution >= 0.6 is 11.8 Å². The number of carbonyl (C=O) groups is 2. The molecule has 1 aromatic rings. The Kier molecular flexibility index (Phi) is 3.91. The molecule has 1 aliphatic rings. The Hall–Kier alpha value is -1.49. The van der Waals surface area contributed by atoms with E-state index in [4.69, 9.17) is 5.11 Å². The highest BCUT2D eigenvalue weighted by Gasteiger charge is 2.26. The molecular weight excluding hydrogens is 250 g/mol. The van der Waals surface area contributed by atoms with Crippen LogP contribution in [0, 0.1) is 0 Å². The smallest absolute Gasteiger partial charge is 0.335 e. The quantitative estimate of drug-likeness (QED) is 0.910. The number of aromatic carboxylic acids is 1. The van der Waals surface area contributed by atoms with Crippen LogP contribution in [0.5, 0.6) is 0 Å². The lowest BCUT2D eigenvalue weighted by Crippen LogP contribution is -2.33. The van der Waals surface area contributed by atoms with Crippen molar-refractivity contribution in [3.63, 3.8) is 0 Å². The summed E-state index contributed by atoms with van der Waals surface area (Å²) in [4.78, 5) is 24.5. The third-order valence-electron chi connectivity index (χ3n) is 3.04. The van der Waals surface area contributed by atoms with Gasteiger partial charge in [-0.3, -0.25) is 4.79 Å². The van der Waals surface area contributed by atoms with Crippen molar-refractivity contribution in [3.8, 4) is 0 Å². The first-order valence-corrected chi connectivity index (χ1v) is 6.87. The number of anilines is 1. The maximum Gasteiger partial charge on any atom is 0.335 e. The summed E-state index contributed by atoms with van der Waals surface area (Å²) >= 11 is 1.70.